The van der Waals surface area contributed by atoms with Gasteiger partial charge >= 0.3 is 0 Å². The largest absolute Gasteiger partial charge is 0.488 e. The zero-order chi connectivity index (χ0) is 18.4. The molecule has 7 nitrogen and oxygen atoms in total. The number of thiophene rings is 1. The highest BCUT2D eigenvalue weighted by atomic mass is 32.1. The number of pyridine rings is 1. The van der Waals surface area contributed by atoms with Crippen molar-refractivity contribution >= 4 is 33.4 Å². The Morgan fingerprint density at radius 1 is 1.50 bits per heavy atom. The van der Waals surface area contributed by atoms with Gasteiger partial charge in [-0.1, -0.05) is 0 Å². The van der Waals surface area contributed by atoms with Crippen LogP contribution in [0.2, 0.25) is 0 Å². The van der Waals surface area contributed by atoms with Crippen molar-refractivity contribution in [2.75, 3.05) is 13.7 Å². The van der Waals surface area contributed by atoms with Crippen LogP contribution in [-0.2, 0) is 4.79 Å². The minimum Gasteiger partial charge on any atom is -0.488 e. The van der Waals surface area contributed by atoms with Crippen molar-refractivity contribution in [2.24, 2.45) is 17.6 Å². The monoisotopic (exact) mass is 379 g/mol. The number of hydrogen-bond acceptors (Lipinski definition) is 6. The molecule has 4 rings (SSSR count). The third-order valence-corrected chi connectivity index (χ3v) is 5.80. The molecule has 2 fully saturated rings. The highest BCUT2D eigenvalue weighted by Crippen LogP contribution is 2.43. The summed E-state index contributed by atoms with van der Waals surface area (Å²) in [4.78, 5) is 27.5. The first kappa shape index (κ1) is 17.0. The number of nitrogens with zero attached hydrogens (tertiary/aromatic N) is 1. The van der Waals surface area contributed by atoms with Gasteiger partial charge in [0, 0.05) is 11.3 Å². The molecular formula is C17H18FN3O4S. The second kappa shape index (κ2) is 6.39. The molecule has 138 valence electrons. The molecule has 1 aliphatic heterocycles. The lowest BCUT2D eigenvalue weighted by molar-refractivity contribution is -0.124. The minimum atomic E-state index is -1.47. The minimum absolute atomic E-state index is 0.127. The van der Waals surface area contributed by atoms with E-state index < -0.39 is 18.0 Å². The van der Waals surface area contributed by atoms with E-state index in [0.29, 0.717) is 11.3 Å². The van der Waals surface area contributed by atoms with E-state index in [9.17, 15) is 14.0 Å². The zero-order valence-electron chi connectivity index (χ0n) is 14.0. The molecule has 0 bridgehead atoms. The Morgan fingerprint density at radius 2 is 2.27 bits per heavy atom. The summed E-state index contributed by atoms with van der Waals surface area (Å²) in [6, 6.07) is 1.26. The topological polar surface area (TPSA) is 104 Å². The van der Waals surface area contributed by atoms with Crippen molar-refractivity contribution in [3.63, 3.8) is 0 Å². The van der Waals surface area contributed by atoms with Crippen molar-refractivity contribution in [1.29, 1.82) is 0 Å². The summed E-state index contributed by atoms with van der Waals surface area (Å²) < 4.78 is 25.8. The van der Waals surface area contributed by atoms with Crippen LogP contribution >= 0.6 is 11.3 Å². The summed E-state index contributed by atoms with van der Waals surface area (Å²) in [7, 11) is 1.41. The number of carbonyl (C=O) groups excluding carboxylic acids is 2. The van der Waals surface area contributed by atoms with E-state index in [1.54, 1.807) is 11.4 Å². The molecule has 0 aromatic carbocycles. The Kier molecular flexibility index (Phi) is 4.18. The molecule has 2 amide bonds. The predicted molar refractivity (Wildman–Crippen MR) is 93.2 cm³/mol. The lowest BCUT2D eigenvalue weighted by atomic mass is 9.94. The van der Waals surface area contributed by atoms with E-state index in [1.165, 1.54) is 18.4 Å². The van der Waals surface area contributed by atoms with Crippen molar-refractivity contribution in [2.45, 2.75) is 25.1 Å². The van der Waals surface area contributed by atoms with Gasteiger partial charge in [0.1, 0.15) is 17.7 Å². The molecule has 1 saturated carbocycles. The molecule has 2 aliphatic rings. The lowest BCUT2D eigenvalue weighted by Crippen LogP contribution is -2.35. The summed E-state index contributed by atoms with van der Waals surface area (Å²) in [5.74, 6) is -0.643. The molecule has 1 aliphatic carbocycles. The third-order valence-electron chi connectivity index (χ3n) is 4.90. The van der Waals surface area contributed by atoms with Crippen LogP contribution in [0, 0.1) is 11.8 Å². The van der Waals surface area contributed by atoms with Gasteiger partial charge in [-0.3, -0.25) is 9.59 Å². The van der Waals surface area contributed by atoms with Crippen LogP contribution in [0.4, 0.5) is 4.39 Å². The SMILES string of the molecule is COc1nc2c(OC[C@H]3NC(=O)[C@H](F)[C@H]3C3CC3)csc2cc1C(N)=O. The maximum absolute atomic E-state index is 14.1. The Morgan fingerprint density at radius 3 is 2.92 bits per heavy atom. The fourth-order valence-corrected chi connectivity index (χ4v) is 4.33. The molecule has 0 unspecified atom stereocenters. The number of carbonyl (C=O) groups is 2. The predicted octanol–water partition coefficient (Wildman–Crippen LogP) is 1.65. The number of ether oxygens (including phenoxy) is 2. The van der Waals surface area contributed by atoms with Gasteiger partial charge in [0.15, 0.2) is 11.9 Å². The number of fused-ring (bicyclic) bond motifs is 1. The molecule has 3 heterocycles. The molecule has 26 heavy (non-hydrogen) atoms. The maximum Gasteiger partial charge on any atom is 0.255 e. The average Bonchev–Trinajstić information content (AvgIpc) is 3.31. The first-order valence-corrected chi connectivity index (χ1v) is 9.21. The highest BCUT2D eigenvalue weighted by Gasteiger charge is 2.50. The number of rotatable bonds is 6. The molecule has 0 radical (unpaired) electrons. The first-order chi connectivity index (χ1) is 12.5. The van der Waals surface area contributed by atoms with Gasteiger partial charge in [0.05, 0.1) is 17.9 Å². The summed E-state index contributed by atoms with van der Waals surface area (Å²) in [6.45, 7) is 0.167. The number of aromatic nitrogens is 1. The number of nitrogens with two attached hydrogens (primary N) is 1. The van der Waals surface area contributed by atoms with Crippen LogP contribution in [-0.4, -0.2) is 42.7 Å². The molecule has 3 N–H and O–H groups in total. The number of alkyl halides is 1. The molecule has 2 aromatic rings. The Labute approximate surface area is 152 Å². The quantitative estimate of drug-likeness (QED) is 0.794. The zero-order valence-corrected chi connectivity index (χ0v) is 14.8. The highest BCUT2D eigenvalue weighted by molar-refractivity contribution is 7.17. The maximum atomic E-state index is 14.1. The summed E-state index contributed by atoms with van der Waals surface area (Å²) in [6.07, 6.45) is 0.436. The molecule has 3 atom stereocenters. The molecule has 9 heteroatoms. The number of halogens is 1. The molecule has 1 saturated heterocycles. The molecule has 2 aromatic heterocycles. The number of hydrogen-bond donors (Lipinski definition) is 2. The van der Waals surface area contributed by atoms with Crippen molar-refractivity contribution in [1.82, 2.24) is 10.3 Å². The second-order valence-electron chi connectivity index (χ2n) is 6.60. The van der Waals surface area contributed by atoms with Crippen LogP contribution in [0.1, 0.15) is 23.2 Å². The van der Waals surface area contributed by atoms with Gasteiger partial charge < -0.3 is 20.5 Å². The van der Waals surface area contributed by atoms with E-state index in [1.807, 2.05) is 0 Å². The van der Waals surface area contributed by atoms with Crippen LogP contribution in [0.5, 0.6) is 11.6 Å². The standard InChI is InChI=1S/C17H18FN3O4S/c1-24-17-8(15(19)22)4-11-14(21-17)10(6-26-11)25-5-9-12(7-2-3-7)13(18)16(23)20-9/h4,6-7,9,12-13H,2-3,5H2,1H3,(H2,19,22)(H,20,23)/t9-,12+,13-/m1/s1. The van der Waals surface area contributed by atoms with Crippen molar-refractivity contribution in [3.05, 3.63) is 17.0 Å². The first-order valence-electron chi connectivity index (χ1n) is 8.33. The Balaban J connectivity index is 1.56. The van der Waals surface area contributed by atoms with E-state index in [4.69, 9.17) is 15.2 Å². The van der Waals surface area contributed by atoms with Crippen LogP contribution < -0.4 is 20.5 Å². The number of methoxy groups -OCH3 is 1. The smallest absolute Gasteiger partial charge is 0.255 e. The van der Waals surface area contributed by atoms with Gasteiger partial charge in [0.25, 0.3) is 11.8 Å². The van der Waals surface area contributed by atoms with Gasteiger partial charge in [-0.25, -0.2) is 9.37 Å². The van der Waals surface area contributed by atoms with Gasteiger partial charge in [-0.05, 0) is 24.8 Å². The number of nitrogens with one attached hydrogen (secondary N) is 1. The third kappa shape index (κ3) is 2.86. The summed E-state index contributed by atoms with van der Waals surface area (Å²) in [5.41, 5.74) is 6.09. The summed E-state index contributed by atoms with van der Waals surface area (Å²) in [5, 5.41) is 4.45. The van der Waals surface area contributed by atoms with Crippen LogP contribution in [0.15, 0.2) is 11.4 Å². The fourth-order valence-electron chi connectivity index (χ4n) is 3.47. The van der Waals surface area contributed by atoms with Crippen molar-refractivity contribution < 1.29 is 23.5 Å². The number of amides is 2. The van der Waals surface area contributed by atoms with Crippen molar-refractivity contribution in [3.8, 4) is 11.6 Å². The Bertz CT molecular complexity index is 882. The van der Waals surface area contributed by atoms with Gasteiger partial charge in [-0.2, -0.15) is 0 Å². The normalized spacial score (nSPS) is 25.3. The van der Waals surface area contributed by atoms with E-state index in [-0.39, 0.29) is 35.9 Å². The average molecular weight is 379 g/mol. The van der Waals surface area contributed by atoms with E-state index in [0.717, 1.165) is 17.5 Å². The molecule has 0 spiro atoms. The van der Waals surface area contributed by atoms with Gasteiger partial charge in [0.2, 0.25) is 5.88 Å². The van der Waals surface area contributed by atoms with E-state index in [2.05, 4.69) is 10.3 Å². The number of primary amides is 1. The molecular weight excluding hydrogens is 361 g/mol. The van der Waals surface area contributed by atoms with Crippen LogP contribution in [0.25, 0.3) is 10.2 Å². The Hall–Kier alpha value is -2.42. The lowest BCUT2D eigenvalue weighted by Gasteiger charge is -2.19. The van der Waals surface area contributed by atoms with E-state index >= 15 is 0 Å². The van der Waals surface area contributed by atoms with Gasteiger partial charge in [-0.15, -0.1) is 11.3 Å². The summed E-state index contributed by atoms with van der Waals surface area (Å²) >= 11 is 1.36. The van der Waals surface area contributed by atoms with Crippen LogP contribution in [0.3, 0.4) is 0 Å². The fraction of sp³-hybridized carbons (Fsp3) is 0.471. The second-order valence-corrected chi connectivity index (χ2v) is 7.51.